The van der Waals surface area contributed by atoms with Gasteiger partial charge >= 0.3 is 27.3 Å². The van der Waals surface area contributed by atoms with Gasteiger partial charge in [0.2, 0.25) is 11.6 Å². The number of carbonyl (C=O) groups is 2. The van der Waals surface area contributed by atoms with Crippen LogP contribution in [0.5, 0.6) is 0 Å². The van der Waals surface area contributed by atoms with Crippen LogP contribution < -0.4 is 22.5 Å². The summed E-state index contributed by atoms with van der Waals surface area (Å²) in [6.45, 7) is 0.724. The summed E-state index contributed by atoms with van der Waals surface area (Å²) in [5.74, 6) is -3.65. The summed E-state index contributed by atoms with van der Waals surface area (Å²) >= 11 is 0. The molecule has 2 fully saturated rings. The van der Waals surface area contributed by atoms with Crippen molar-refractivity contribution in [2.75, 3.05) is 31.3 Å². The first-order chi connectivity index (χ1) is 29.8. The maximum absolute atomic E-state index is 13.8. The number of phosphoric ester groups is 2. The molecule has 63 heavy (non-hydrogen) atoms. The van der Waals surface area contributed by atoms with Gasteiger partial charge in [-0.3, -0.25) is 37.7 Å². The van der Waals surface area contributed by atoms with E-state index in [2.05, 4.69) is 41.3 Å². The van der Waals surface area contributed by atoms with Crippen molar-refractivity contribution in [3.63, 3.8) is 0 Å². The Bertz CT molecular complexity index is 2530. The van der Waals surface area contributed by atoms with Crippen LogP contribution in [0, 0.1) is 5.82 Å². The Morgan fingerprint density at radius 2 is 1.97 bits per heavy atom. The summed E-state index contributed by atoms with van der Waals surface area (Å²) in [7, 11) is -10.9. The number of aromatic nitrogens is 7. The quantitative estimate of drug-likeness (QED) is 0.0236. The minimum atomic E-state index is -5.59. The Balaban J connectivity index is 1.27. The molecule has 4 aromatic rings. The maximum atomic E-state index is 13.8. The van der Waals surface area contributed by atoms with Crippen LogP contribution in [-0.2, 0) is 63.6 Å². The van der Waals surface area contributed by atoms with E-state index in [-0.39, 0.29) is 54.1 Å². The number of allylic oxidation sites excluding steroid dienone is 1. The van der Waals surface area contributed by atoms with E-state index in [4.69, 9.17) is 39.5 Å². The highest BCUT2D eigenvalue weighted by molar-refractivity contribution is 7.47. The molecule has 27 nitrogen and oxygen atoms in total. The standard InChI is InChI=1S/C33H39FN10O17P2/c1-2-3-4-23(45)41-19(11-55-10-17-7-18(34)9-37-8-17)31(47)60-26-20(59-30(25(26)46)43-16-40-24-28(36)38-15-39-29(24)43)12-58-63(53,54)61-27-21(13-57-62(50,51)52)56-14-33(27,49)44-6-5-22(35)42-32(44)48/h2,5-9,13,15-16,19-20,25-27,30,46,49H,1,3-4,10-12,14H2,(H,41,45)(H,53,54)(H2,35,42,48)(H2,36,38,39)(H2,50,51,52)/b21-13+/t19-,20+,25+,26+,27+,30+,33-/m0/s1. The number of hydrogen-bond acceptors (Lipinski definition) is 21. The number of amides is 1. The number of aliphatic hydroxyl groups is 2. The van der Waals surface area contributed by atoms with E-state index in [0.29, 0.717) is 4.57 Å². The van der Waals surface area contributed by atoms with Gasteiger partial charge in [-0.25, -0.2) is 38.1 Å². The molecule has 2 aliphatic heterocycles. The zero-order chi connectivity index (χ0) is 45.7. The molecule has 6 heterocycles. The number of fused-ring (bicyclic) bond motifs is 1. The van der Waals surface area contributed by atoms with Crippen molar-refractivity contribution >= 4 is 50.3 Å². The molecule has 30 heteroatoms. The Morgan fingerprint density at radius 3 is 2.68 bits per heavy atom. The number of ether oxygens (including phenoxy) is 4. The predicted molar refractivity (Wildman–Crippen MR) is 206 cm³/mol. The number of nitrogens with two attached hydrogens (primary N) is 2. The first-order valence-corrected chi connectivity index (χ1v) is 21.2. The molecule has 10 N–H and O–H groups in total. The molecule has 1 unspecified atom stereocenters. The van der Waals surface area contributed by atoms with Crippen molar-refractivity contribution in [1.82, 2.24) is 39.4 Å². The van der Waals surface area contributed by atoms with Gasteiger partial charge in [0, 0.05) is 18.8 Å². The van der Waals surface area contributed by atoms with Crippen LogP contribution in [0.15, 0.2) is 72.8 Å². The number of pyridine rings is 1. The minimum absolute atomic E-state index is 0.0340. The molecule has 2 aliphatic rings. The largest absolute Gasteiger partial charge is 0.524 e. The number of aliphatic hydroxyl groups excluding tert-OH is 1. The van der Waals surface area contributed by atoms with Crippen molar-refractivity contribution in [3.8, 4) is 0 Å². The van der Waals surface area contributed by atoms with Crippen molar-refractivity contribution in [3.05, 3.63) is 89.9 Å². The molecule has 0 bridgehead atoms. The number of rotatable bonds is 19. The van der Waals surface area contributed by atoms with Crippen LogP contribution in [0.4, 0.5) is 16.0 Å². The second-order valence-corrected chi connectivity index (χ2v) is 16.2. The van der Waals surface area contributed by atoms with E-state index in [1.165, 1.54) is 16.8 Å². The van der Waals surface area contributed by atoms with Gasteiger partial charge in [-0.1, -0.05) is 6.08 Å². The molecule has 0 saturated carbocycles. The van der Waals surface area contributed by atoms with E-state index in [1.807, 2.05) is 0 Å². The van der Waals surface area contributed by atoms with Crippen molar-refractivity contribution in [2.45, 2.75) is 61.9 Å². The van der Waals surface area contributed by atoms with Crippen LogP contribution in [0.3, 0.4) is 0 Å². The molecule has 4 aromatic heterocycles. The summed E-state index contributed by atoms with van der Waals surface area (Å²) in [5.41, 5.74) is 7.89. The van der Waals surface area contributed by atoms with E-state index < -0.39 is 107 Å². The molecule has 340 valence electrons. The number of halogens is 1. The number of nitrogen functional groups attached to an aromatic ring is 2. The van der Waals surface area contributed by atoms with Crippen molar-refractivity contribution in [2.24, 2.45) is 0 Å². The fourth-order valence-corrected chi connectivity index (χ4v) is 7.34. The lowest BCUT2D eigenvalue weighted by atomic mass is 10.1. The number of anilines is 2. The highest BCUT2D eigenvalue weighted by Gasteiger charge is 2.55. The normalized spacial score (nSPS) is 24.4. The molecule has 0 radical (unpaired) electrons. The van der Waals surface area contributed by atoms with Gasteiger partial charge < -0.3 is 55.4 Å². The molecule has 1 amide bonds. The zero-order valence-corrected chi connectivity index (χ0v) is 34.1. The number of phosphoric acid groups is 2. The average Bonchev–Trinajstić information content (AvgIpc) is 3.88. The van der Waals surface area contributed by atoms with Gasteiger partial charge in [0.25, 0.3) is 0 Å². The molecule has 2 saturated heterocycles. The van der Waals surface area contributed by atoms with Crippen LogP contribution in [0.2, 0.25) is 0 Å². The van der Waals surface area contributed by atoms with E-state index in [1.54, 1.807) is 0 Å². The number of nitrogens with one attached hydrogen (secondary N) is 1. The highest BCUT2D eigenvalue weighted by Crippen LogP contribution is 2.51. The Hall–Kier alpha value is -5.77. The lowest BCUT2D eigenvalue weighted by molar-refractivity contribution is -0.162. The van der Waals surface area contributed by atoms with Crippen LogP contribution in [0.1, 0.15) is 24.6 Å². The van der Waals surface area contributed by atoms with Gasteiger partial charge in [-0.15, -0.1) is 6.58 Å². The summed E-state index contributed by atoms with van der Waals surface area (Å²) in [6, 6.07) is 0.622. The Labute approximate surface area is 352 Å². The van der Waals surface area contributed by atoms with Crippen LogP contribution in [-0.4, -0.2) is 121 Å². The summed E-state index contributed by atoms with van der Waals surface area (Å²) in [5, 5.41) is 25.7. The van der Waals surface area contributed by atoms with Crippen molar-refractivity contribution in [1.29, 1.82) is 0 Å². The first-order valence-electron chi connectivity index (χ1n) is 18.1. The lowest BCUT2D eigenvalue weighted by Gasteiger charge is -2.30. The molecule has 0 spiro atoms. The molecule has 6 rings (SSSR count). The fourth-order valence-electron chi connectivity index (χ4n) is 6.16. The monoisotopic (exact) mass is 928 g/mol. The summed E-state index contributed by atoms with van der Waals surface area (Å²) < 4.78 is 77.8. The third-order valence-electron chi connectivity index (χ3n) is 9.05. The van der Waals surface area contributed by atoms with E-state index >= 15 is 0 Å². The lowest BCUT2D eigenvalue weighted by Crippen LogP contribution is -2.50. The fraction of sp³-hybridized carbons (Fsp3) is 0.394. The number of imidazole rings is 1. The first kappa shape index (κ1) is 46.7. The maximum Gasteiger partial charge on any atom is 0.524 e. The van der Waals surface area contributed by atoms with Gasteiger partial charge in [-0.2, -0.15) is 4.98 Å². The number of hydrogen-bond donors (Lipinski definition) is 8. The third kappa shape index (κ3) is 11.3. The van der Waals surface area contributed by atoms with Crippen LogP contribution >= 0.6 is 15.6 Å². The number of nitrogens with zero attached hydrogens (tertiary/aromatic N) is 7. The molecular weight excluding hydrogens is 889 g/mol. The van der Waals surface area contributed by atoms with E-state index in [9.17, 15) is 52.8 Å². The molecular formula is C33H39FN10O17P2. The Morgan fingerprint density at radius 1 is 1.19 bits per heavy atom. The zero-order valence-electron chi connectivity index (χ0n) is 32.3. The van der Waals surface area contributed by atoms with Crippen molar-refractivity contribution < 1.29 is 80.5 Å². The summed E-state index contributed by atoms with van der Waals surface area (Å²) in [6.07, 6.45) is -1.90. The van der Waals surface area contributed by atoms with Gasteiger partial charge in [0.15, 0.2) is 41.7 Å². The highest BCUT2D eigenvalue weighted by atomic mass is 31.2. The van der Waals surface area contributed by atoms with Gasteiger partial charge in [-0.05, 0) is 24.1 Å². The third-order valence-corrected chi connectivity index (χ3v) is 10.4. The van der Waals surface area contributed by atoms with E-state index in [0.717, 1.165) is 37.2 Å². The second kappa shape index (κ2) is 19.3. The summed E-state index contributed by atoms with van der Waals surface area (Å²) in [4.78, 5) is 88.2. The van der Waals surface area contributed by atoms with Gasteiger partial charge in [0.1, 0.15) is 48.6 Å². The molecule has 0 aliphatic carbocycles. The molecule has 8 atom stereocenters. The minimum Gasteiger partial charge on any atom is -0.487 e. The SMILES string of the molecule is C=CCCC(=O)N[C@@H](COCc1cncc(F)c1)C(=O)O[C@H]1[C@@H](O)[C@H](n2cnc3c(N)ncnc32)O[C@@H]1COP(=O)(O)O[C@@H]1/C(=C\OP(=O)(O)O)OC[C@@]1(O)n1ccc(N)nc1=O. The Kier molecular flexibility index (Phi) is 14.3. The second-order valence-electron chi connectivity index (χ2n) is 13.6. The topological polar surface area (TPSA) is 389 Å². The number of carbonyl (C=O) groups excluding carboxylic acids is 2. The number of esters is 1. The van der Waals surface area contributed by atoms with Crippen LogP contribution in [0.25, 0.3) is 11.2 Å². The smallest absolute Gasteiger partial charge is 0.487 e. The predicted octanol–water partition coefficient (Wildman–Crippen LogP) is -1.25. The molecule has 0 aromatic carbocycles. The van der Waals surface area contributed by atoms with Gasteiger partial charge in [0.05, 0.1) is 32.3 Å². The average molecular weight is 929 g/mol.